The van der Waals surface area contributed by atoms with Gasteiger partial charge in [0, 0.05) is 24.8 Å². The third kappa shape index (κ3) is 3.47. The number of nitrogens with zero attached hydrogens (tertiary/aromatic N) is 3. The van der Waals surface area contributed by atoms with E-state index in [1.165, 1.54) is 0 Å². The largest absolute Gasteiger partial charge is 0.497 e. The van der Waals surface area contributed by atoms with Gasteiger partial charge in [0.2, 0.25) is 5.88 Å². The number of nitriles is 1. The molecule has 2 aromatic rings. The fourth-order valence-corrected chi connectivity index (χ4v) is 3.39. The van der Waals surface area contributed by atoms with E-state index in [0.29, 0.717) is 23.6 Å². The van der Waals surface area contributed by atoms with E-state index in [0.717, 1.165) is 17.8 Å². The molecule has 2 heterocycles. The summed E-state index contributed by atoms with van der Waals surface area (Å²) in [5.41, 5.74) is 8.08. The quantitative estimate of drug-likeness (QED) is 0.852. The zero-order valence-corrected chi connectivity index (χ0v) is 16.5. The van der Waals surface area contributed by atoms with Gasteiger partial charge in [-0.3, -0.25) is 4.79 Å². The molecule has 146 valence electrons. The second-order valence-corrected chi connectivity index (χ2v) is 7.02. The van der Waals surface area contributed by atoms with Crippen molar-refractivity contribution in [2.75, 3.05) is 27.7 Å². The SMILES string of the molecule is COc1ccc(C2C(C#N)=C(N)Oc3cc(C)n(CCN(C)C)c(=O)c32)cc1. The smallest absolute Gasteiger partial charge is 0.258 e. The Kier molecular flexibility index (Phi) is 5.43. The lowest BCUT2D eigenvalue weighted by Crippen LogP contribution is -2.34. The summed E-state index contributed by atoms with van der Waals surface area (Å²) < 4.78 is 12.6. The van der Waals surface area contributed by atoms with Crippen LogP contribution < -0.4 is 20.8 Å². The average Bonchev–Trinajstić information content (AvgIpc) is 2.66. The van der Waals surface area contributed by atoms with Crippen LogP contribution in [0.15, 0.2) is 46.6 Å². The zero-order valence-electron chi connectivity index (χ0n) is 16.5. The number of fused-ring (bicyclic) bond motifs is 1. The first-order chi connectivity index (χ1) is 13.4. The third-order valence-electron chi connectivity index (χ3n) is 4.91. The van der Waals surface area contributed by atoms with Gasteiger partial charge in [0.1, 0.15) is 23.1 Å². The average molecular weight is 380 g/mol. The molecule has 0 saturated carbocycles. The van der Waals surface area contributed by atoms with Crippen molar-refractivity contribution in [3.05, 3.63) is 69.0 Å². The van der Waals surface area contributed by atoms with Crippen LogP contribution in [0.4, 0.5) is 0 Å². The van der Waals surface area contributed by atoms with Gasteiger partial charge in [0.15, 0.2) is 0 Å². The summed E-state index contributed by atoms with van der Waals surface area (Å²) in [5, 5.41) is 9.70. The molecule has 0 spiro atoms. The van der Waals surface area contributed by atoms with Crippen LogP contribution in [0.2, 0.25) is 0 Å². The van der Waals surface area contributed by atoms with Gasteiger partial charge in [0.25, 0.3) is 5.56 Å². The number of rotatable bonds is 5. The molecular weight excluding hydrogens is 356 g/mol. The third-order valence-corrected chi connectivity index (χ3v) is 4.91. The molecule has 3 rings (SSSR count). The van der Waals surface area contributed by atoms with Crippen molar-refractivity contribution in [3.63, 3.8) is 0 Å². The molecule has 0 radical (unpaired) electrons. The summed E-state index contributed by atoms with van der Waals surface area (Å²) in [6.45, 7) is 3.13. The van der Waals surface area contributed by atoms with Gasteiger partial charge in [-0.2, -0.15) is 5.26 Å². The van der Waals surface area contributed by atoms with E-state index in [9.17, 15) is 10.1 Å². The summed E-state index contributed by atoms with van der Waals surface area (Å²) >= 11 is 0. The molecule has 1 atom stereocenters. The van der Waals surface area contributed by atoms with E-state index in [-0.39, 0.29) is 17.0 Å². The van der Waals surface area contributed by atoms with Crippen molar-refractivity contribution in [2.45, 2.75) is 19.4 Å². The molecule has 0 bridgehead atoms. The summed E-state index contributed by atoms with van der Waals surface area (Å²) in [4.78, 5) is 15.4. The van der Waals surface area contributed by atoms with Crippen LogP contribution >= 0.6 is 0 Å². The van der Waals surface area contributed by atoms with Gasteiger partial charge in [-0.1, -0.05) is 12.1 Å². The lowest BCUT2D eigenvalue weighted by molar-refractivity contribution is 0.369. The Hall–Kier alpha value is -3.24. The molecular formula is C21H24N4O3. The maximum Gasteiger partial charge on any atom is 0.258 e. The van der Waals surface area contributed by atoms with Crippen molar-refractivity contribution in [3.8, 4) is 17.6 Å². The number of ether oxygens (including phenoxy) is 2. The van der Waals surface area contributed by atoms with Gasteiger partial charge in [0.05, 0.1) is 18.6 Å². The van der Waals surface area contributed by atoms with Crippen LogP contribution in [0.3, 0.4) is 0 Å². The molecule has 7 heteroatoms. The van der Waals surface area contributed by atoms with E-state index >= 15 is 0 Å². The minimum atomic E-state index is -0.585. The zero-order chi connectivity index (χ0) is 20.4. The number of benzene rings is 1. The number of aromatic nitrogens is 1. The van der Waals surface area contributed by atoms with Crippen molar-refractivity contribution in [2.24, 2.45) is 5.73 Å². The van der Waals surface area contributed by atoms with Crippen LogP contribution in [-0.4, -0.2) is 37.2 Å². The van der Waals surface area contributed by atoms with Crippen molar-refractivity contribution in [1.82, 2.24) is 9.47 Å². The van der Waals surface area contributed by atoms with Crippen LogP contribution in [0.1, 0.15) is 22.7 Å². The fourth-order valence-electron chi connectivity index (χ4n) is 3.39. The molecule has 0 aliphatic carbocycles. The van der Waals surface area contributed by atoms with Gasteiger partial charge in [-0.15, -0.1) is 0 Å². The molecule has 28 heavy (non-hydrogen) atoms. The van der Waals surface area contributed by atoms with E-state index < -0.39 is 5.92 Å². The molecule has 0 fully saturated rings. The molecule has 0 amide bonds. The van der Waals surface area contributed by atoms with E-state index in [1.54, 1.807) is 23.8 Å². The first-order valence-electron chi connectivity index (χ1n) is 8.98. The molecule has 0 saturated heterocycles. The Morgan fingerprint density at radius 3 is 2.57 bits per heavy atom. The maximum atomic E-state index is 13.4. The van der Waals surface area contributed by atoms with Gasteiger partial charge < -0.3 is 24.7 Å². The monoisotopic (exact) mass is 380 g/mol. The molecule has 1 aliphatic heterocycles. The van der Waals surface area contributed by atoms with E-state index in [4.69, 9.17) is 15.2 Å². The predicted octanol–water partition coefficient (Wildman–Crippen LogP) is 1.95. The predicted molar refractivity (Wildman–Crippen MR) is 106 cm³/mol. The highest BCUT2D eigenvalue weighted by Gasteiger charge is 2.34. The topological polar surface area (TPSA) is 93.5 Å². The highest BCUT2D eigenvalue weighted by Crippen LogP contribution is 2.40. The van der Waals surface area contributed by atoms with Gasteiger partial charge in [-0.05, 0) is 38.7 Å². The Labute approximate surface area is 164 Å². The van der Waals surface area contributed by atoms with Crippen LogP contribution in [0.5, 0.6) is 11.5 Å². The summed E-state index contributed by atoms with van der Waals surface area (Å²) in [5.74, 6) is 0.540. The summed E-state index contributed by atoms with van der Waals surface area (Å²) in [6, 6.07) is 11.2. The minimum absolute atomic E-state index is 0.0284. The second-order valence-electron chi connectivity index (χ2n) is 7.02. The van der Waals surface area contributed by atoms with Crippen LogP contribution in [-0.2, 0) is 6.54 Å². The number of methoxy groups -OCH3 is 1. The standard InChI is InChI=1S/C21H24N4O3/c1-13-11-17-19(21(26)25(13)10-9-24(2)3)18(16(12-22)20(23)28-17)14-5-7-15(27-4)8-6-14/h5-8,11,18H,9-10,23H2,1-4H3. The summed E-state index contributed by atoms with van der Waals surface area (Å²) in [6.07, 6.45) is 0. The molecule has 1 unspecified atom stereocenters. The van der Waals surface area contributed by atoms with Crippen molar-refractivity contribution < 1.29 is 9.47 Å². The number of aryl methyl sites for hydroxylation is 1. The second kappa shape index (κ2) is 7.79. The number of hydrogen-bond acceptors (Lipinski definition) is 6. The minimum Gasteiger partial charge on any atom is -0.497 e. The van der Waals surface area contributed by atoms with Crippen molar-refractivity contribution in [1.29, 1.82) is 5.26 Å². The fraction of sp³-hybridized carbons (Fsp3) is 0.333. The lowest BCUT2D eigenvalue weighted by atomic mass is 9.84. The number of likely N-dealkylation sites (N-methyl/N-ethyl adjacent to an activating group) is 1. The molecule has 1 aromatic carbocycles. The van der Waals surface area contributed by atoms with Gasteiger partial charge in [-0.25, -0.2) is 0 Å². The van der Waals surface area contributed by atoms with E-state index in [2.05, 4.69) is 6.07 Å². The normalized spacial score (nSPS) is 15.8. The van der Waals surface area contributed by atoms with Crippen molar-refractivity contribution >= 4 is 0 Å². The Bertz CT molecular complexity index is 1010. The van der Waals surface area contributed by atoms with Crippen LogP contribution in [0.25, 0.3) is 0 Å². The number of hydrogen-bond donors (Lipinski definition) is 1. The first-order valence-corrected chi connectivity index (χ1v) is 8.98. The maximum absolute atomic E-state index is 13.4. The number of nitrogens with two attached hydrogens (primary N) is 1. The van der Waals surface area contributed by atoms with E-state index in [1.807, 2.05) is 44.1 Å². The lowest BCUT2D eigenvalue weighted by Gasteiger charge is -2.27. The molecule has 2 N–H and O–H groups in total. The molecule has 7 nitrogen and oxygen atoms in total. The number of pyridine rings is 1. The highest BCUT2D eigenvalue weighted by atomic mass is 16.5. The summed E-state index contributed by atoms with van der Waals surface area (Å²) in [7, 11) is 5.50. The first kappa shape index (κ1) is 19.5. The molecule has 1 aromatic heterocycles. The number of allylic oxidation sites excluding steroid dienone is 1. The van der Waals surface area contributed by atoms with Gasteiger partial charge >= 0.3 is 0 Å². The Morgan fingerprint density at radius 1 is 1.32 bits per heavy atom. The highest BCUT2D eigenvalue weighted by molar-refractivity contribution is 5.55. The van der Waals surface area contributed by atoms with Crippen LogP contribution in [0, 0.1) is 18.3 Å². The molecule has 1 aliphatic rings. The Balaban J connectivity index is 2.20. The Morgan fingerprint density at radius 2 is 2.00 bits per heavy atom.